The Morgan fingerprint density at radius 1 is 1.27 bits per heavy atom. The van der Waals surface area contributed by atoms with Crippen molar-refractivity contribution in [3.8, 4) is 0 Å². The Morgan fingerprint density at radius 2 is 2.05 bits per heavy atom. The van der Waals surface area contributed by atoms with Gasteiger partial charge in [0.15, 0.2) is 0 Å². The Kier molecular flexibility index (Phi) is 4.90. The molecule has 0 atom stereocenters. The van der Waals surface area contributed by atoms with Gasteiger partial charge >= 0.3 is 0 Å². The summed E-state index contributed by atoms with van der Waals surface area (Å²) in [5, 5.41) is 5.00. The second kappa shape index (κ2) is 7.07. The quantitative estimate of drug-likeness (QED) is 0.829. The Morgan fingerprint density at radius 3 is 2.68 bits per heavy atom. The smallest absolute Gasteiger partial charge is 0.246 e. The van der Waals surface area contributed by atoms with Crippen molar-refractivity contribution < 1.29 is 9.59 Å². The largest absolute Gasteiger partial charge is 0.352 e. The van der Waals surface area contributed by atoms with Gasteiger partial charge in [-0.15, -0.1) is 11.3 Å². The van der Waals surface area contributed by atoms with Crippen molar-refractivity contribution in [2.45, 2.75) is 18.9 Å². The lowest BCUT2D eigenvalue weighted by atomic mass is 10.3. The Labute approximate surface area is 134 Å². The van der Waals surface area contributed by atoms with E-state index >= 15 is 0 Å². The Bertz CT molecular complexity index is 544. The van der Waals surface area contributed by atoms with Gasteiger partial charge < -0.3 is 10.2 Å². The van der Waals surface area contributed by atoms with Gasteiger partial charge in [-0.05, 0) is 30.4 Å². The molecule has 0 aromatic carbocycles. The van der Waals surface area contributed by atoms with Gasteiger partial charge in [-0.2, -0.15) is 0 Å². The number of thiophene rings is 1. The molecule has 0 spiro atoms. The number of amides is 2. The maximum Gasteiger partial charge on any atom is 0.246 e. The van der Waals surface area contributed by atoms with Crippen LogP contribution in [0.25, 0.3) is 6.08 Å². The highest BCUT2D eigenvalue weighted by Crippen LogP contribution is 2.18. The molecule has 1 aromatic rings. The summed E-state index contributed by atoms with van der Waals surface area (Å²) in [6.45, 7) is 3.34. The summed E-state index contributed by atoms with van der Waals surface area (Å²) in [4.78, 5) is 28.9. The first-order valence-corrected chi connectivity index (χ1v) is 8.61. The van der Waals surface area contributed by atoms with Crippen LogP contribution in [0.4, 0.5) is 0 Å². The molecule has 1 N–H and O–H groups in total. The Balaban J connectivity index is 1.40. The van der Waals surface area contributed by atoms with E-state index in [1.165, 1.54) is 0 Å². The summed E-state index contributed by atoms with van der Waals surface area (Å²) in [5.41, 5.74) is 0. The molecule has 1 saturated carbocycles. The molecule has 2 amide bonds. The van der Waals surface area contributed by atoms with Crippen molar-refractivity contribution in [1.82, 2.24) is 15.1 Å². The summed E-state index contributed by atoms with van der Waals surface area (Å²) in [6.07, 6.45) is 5.74. The van der Waals surface area contributed by atoms with Crippen LogP contribution in [-0.4, -0.2) is 60.4 Å². The molecule has 22 heavy (non-hydrogen) atoms. The van der Waals surface area contributed by atoms with E-state index in [-0.39, 0.29) is 11.8 Å². The number of carbonyl (C=O) groups is 2. The van der Waals surface area contributed by atoms with E-state index in [4.69, 9.17) is 0 Å². The topological polar surface area (TPSA) is 52.7 Å². The molecule has 1 aliphatic carbocycles. The third-order valence-electron chi connectivity index (χ3n) is 3.93. The maximum absolute atomic E-state index is 12.1. The molecule has 1 aromatic heterocycles. The van der Waals surface area contributed by atoms with E-state index in [0.717, 1.165) is 30.8 Å². The van der Waals surface area contributed by atoms with E-state index in [1.807, 2.05) is 28.5 Å². The first-order valence-electron chi connectivity index (χ1n) is 7.73. The summed E-state index contributed by atoms with van der Waals surface area (Å²) >= 11 is 1.62. The average molecular weight is 319 g/mol. The van der Waals surface area contributed by atoms with Crippen LogP contribution >= 0.6 is 11.3 Å². The lowest BCUT2D eigenvalue weighted by Gasteiger charge is -2.33. The fourth-order valence-corrected chi connectivity index (χ4v) is 3.09. The van der Waals surface area contributed by atoms with Crippen molar-refractivity contribution in [3.63, 3.8) is 0 Å². The SMILES string of the molecule is O=C(CN1CCN(C(=O)C=Cc2cccs2)CC1)NC1CC1. The van der Waals surface area contributed by atoms with Gasteiger partial charge in [0, 0.05) is 43.2 Å². The third kappa shape index (κ3) is 4.42. The molecule has 2 fully saturated rings. The average Bonchev–Trinajstić information content (AvgIpc) is 3.16. The van der Waals surface area contributed by atoms with Crippen LogP contribution in [0.2, 0.25) is 0 Å². The van der Waals surface area contributed by atoms with Crippen molar-refractivity contribution in [1.29, 1.82) is 0 Å². The van der Waals surface area contributed by atoms with E-state index < -0.39 is 0 Å². The minimum Gasteiger partial charge on any atom is -0.352 e. The predicted octanol–water partition coefficient (Wildman–Crippen LogP) is 1.18. The number of rotatable bonds is 5. The van der Waals surface area contributed by atoms with Gasteiger partial charge in [-0.1, -0.05) is 6.07 Å². The number of nitrogens with one attached hydrogen (secondary N) is 1. The van der Waals surface area contributed by atoms with Crippen LogP contribution in [0, 0.1) is 0 Å². The molecule has 3 rings (SSSR count). The molecule has 2 heterocycles. The van der Waals surface area contributed by atoms with Crippen molar-refractivity contribution >= 4 is 29.2 Å². The van der Waals surface area contributed by atoms with Gasteiger partial charge in [-0.3, -0.25) is 14.5 Å². The molecule has 118 valence electrons. The zero-order valence-electron chi connectivity index (χ0n) is 12.5. The van der Waals surface area contributed by atoms with Crippen molar-refractivity contribution in [2.75, 3.05) is 32.7 Å². The normalized spacial score (nSPS) is 19.5. The minimum atomic E-state index is 0.0514. The highest BCUT2D eigenvalue weighted by molar-refractivity contribution is 7.10. The molecule has 5 nitrogen and oxygen atoms in total. The molecule has 6 heteroatoms. The highest BCUT2D eigenvalue weighted by atomic mass is 32.1. The zero-order chi connectivity index (χ0) is 15.4. The molecular weight excluding hydrogens is 298 g/mol. The lowest BCUT2D eigenvalue weighted by molar-refractivity contribution is -0.128. The van der Waals surface area contributed by atoms with E-state index in [2.05, 4.69) is 10.2 Å². The molecule has 0 unspecified atom stereocenters. The molecular formula is C16H21N3O2S. The zero-order valence-corrected chi connectivity index (χ0v) is 13.3. The number of nitrogens with zero attached hydrogens (tertiary/aromatic N) is 2. The number of carbonyl (C=O) groups excluding carboxylic acids is 2. The van der Waals surface area contributed by atoms with E-state index in [9.17, 15) is 9.59 Å². The van der Waals surface area contributed by atoms with Crippen LogP contribution < -0.4 is 5.32 Å². The van der Waals surface area contributed by atoms with Gasteiger partial charge in [0.05, 0.1) is 6.54 Å². The van der Waals surface area contributed by atoms with Gasteiger partial charge in [-0.25, -0.2) is 0 Å². The van der Waals surface area contributed by atoms with Crippen LogP contribution in [-0.2, 0) is 9.59 Å². The number of piperazine rings is 1. The van der Waals surface area contributed by atoms with Crippen LogP contribution in [0.3, 0.4) is 0 Å². The van der Waals surface area contributed by atoms with Crippen molar-refractivity contribution in [2.24, 2.45) is 0 Å². The molecule has 1 aliphatic heterocycles. The Hall–Kier alpha value is -1.66. The standard InChI is InChI=1S/C16H21N3O2S/c20-15(17-13-3-4-13)12-18-7-9-19(10-8-18)16(21)6-5-14-2-1-11-22-14/h1-2,5-6,11,13H,3-4,7-10,12H2,(H,17,20). The fraction of sp³-hybridized carbons (Fsp3) is 0.500. The number of hydrogen-bond donors (Lipinski definition) is 1. The van der Waals surface area contributed by atoms with Crippen LogP contribution in [0.5, 0.6) is 0 Å². The second-order valence-electron chi connectivity index (χ2n) is 5.79. The summed E-state index contributed by atoms with van der Waals surface area (Å²) in [6, 6.07) is 4.38. The summed E-state index contributed by atoms with van der Waals surface area (Å²) in [7, 11) is 0. The maximum atomic E-state index is 12.1. The molecule has 1 saturated heterocycles. The second-order valence-corrected chi connectivity index (χ2v) is 6.77. The monoisotopic (exact) mass is 319 g/mol. The lowest BCUT2D eigenvalue weighted by Crippen LogP contribution is -2.50. The first-order chi connectivity index (χ1) is 10.7. The van der Waals surface area contributed by atoms with Crippen LogP contribution in [0.15, 0.2) is 23.6 Å². The number of hydrogen-bond acceptors (Lipinski definition) is 4. The summed E-state index contributed by atoms with van der Waals surface area (Å²) in [5.74, 6) is 0.162. The van der Waals surface area contributed by atoms with Gasteiger partial charge in [0.1, 0.15) is 0 Å². The van der Waals surface area contributed by atoms with Crippen LogP contribution in [0.1, 0.15) is 17.7 Å². The van der Waals surface area contributed by atoms with Gasteiger partial charge in [0.2, 0.25) is 11.8 Å². The molecule has 0 bridgehead atoms. The van der Waals surface area contributed by atoms with E-state index in [0.29, 0.717) is 25.7 Å². The third-order valence-corrected chi connectivity index (χ3v) is 4.76. The van der Waals surface area contributed by atoms with Crippen molar-refractivity contribution in [3.05, 3.63) is 28.5 Å². The van der Waals surface area contributed by atoms with Gasteiger partial charge in [0.25, 0.3) is 0 Å². The first kappa shape index (κ1) is 15.2. The highest BCUT2D eigenvalue weighted by Gasteiger charge is 2.25. The fourth-order valence-electron chi connectivity index (χ4n) is 2.48. The summed E-state index contributed by atoms with van der Waals surface area (Å²) < 4.78 is 0. The minimum absolute atomic E-state index is 0.0514. The predicted molar refractivity (Wildman–Crippen MR) is 87.5 cm³/mol. The van der Waals surface area contributed by atoms with E-state index in [1.54, 1.807) is 17.4 Å². The molecule has 2 aliphatic rings. The molecule has 0 radical (unpaired) electrons.